The Morgan fingerprint density at radius 2 is 1.83 bits per heavy atom. The molecule has 0 aromatic carbocycles. The lowest BCUT2D eigenvalue weighted by Gasteiger charge is -2.22. The molecule has 0 N–H and O–H groups in total. The predicted octanol–water partition coefficient (Wildman–Crippen LogP) is 3.37. The van der Waals surface area contributed by atoms with Crippen LogP contribution in [0.1, 0.15) is 33.6 Å². The van der Waals surface area contributed by atoms with Crippen LogP contribution in [-0.2, 0) is 9.09 Å². The first-order valence-electron chi connectivity index (χ1n) is 4.46. The zero-order chi connectivity index (χ0) is 9.83. The largest absolute Gasteiger partial charge is 0.329 e. The Labute approximate surface area is 76.1 Å². The first kappa shape index (κ1) is 12.2. The van der Waals surface area contributed by atoms with E-state index in [4.69, 9.17) is 4.52 Å². The van der Waals surface area contributed by atoms with Gasteiger partial charge in [0.25, 0.3) is 0 Å². The average Bonchev–Trinajstić information content (AvgIpc) is 1.84. The van der Waals surface area contributed by atoms with Crippen molar-refractivity contribution < 1.29 is 9.09 Å². The second kappa shape index (κ2) is 4.43. The van der Waals surface area contributed by atoms with Crippen molar-refractivity contribution in [2.75, 3.05) is 19.9 Å². The molecule has 0 saturated carbocycles. The van der Waals surface area contributed by atoms with E-state index in [2.05, 4.69) is 20.8 Å². The maximum atomic E-state index is 11.2. The van der Waals surface area contributed by atoms with Crippen molar-refractivity contribution in [3.8, 4) is 0 Å². The Kier molecular flexibility index (Phi) is 4.50. The van der Waals surface area contributed by atoms with Gasteiger partial charge in [-0.3, -0.25) is 4.57 Å². The molecule has 3 heteroatoms. The van der Waals surface area contributed by atoms with Crippen LogP contribution in [0.15, 0.2) is 0 Å². The van der Waals surface area contributed by atoms with Gasteiger partial charge in [0.1, 0.15) is 0 Å². The summed E-state index contributed by atoms with van der Waals surface area (Å²) < 4.78 is 16.4. The highest BCUT2D eigenvalue weighted by Crippen LogP contribution is 2.38. The van der Waals surface area contributed by atoms with Crippen molar-refractivity contribution in [3.05, 3.63) is 0 Å². The summed E-state index contributed by atoms with van der Waals surface area (Å²) in [6.07, 6.45) is 2.11. The molecular weight excluding hydrogens is 171 g/mol. The summed E-state index contributed by atoms with van der Waals surface area (Å²) >= 11 is 0. The molecule has 0 aliphatic carbocycles. The molecule has 0 spiro atoms. The molecule has 0 aliphatic heterocycles. The first-order valence-corrected chi connectivity index (χ1v) is 6.98. The Morgan fingerprint density at radius 3 is 2.17 bits per heavy atom. The molecule has 0 radical (unpaired) electrons. The molecule has 0 aromatic rings. The lowest BCUT2D eigenvalue weighted by atomic mass is 9.87. The van der Waals surface area contributed by atoms with Gasteiger partial charge in [-0.1, -0.05) is 27.2 Å². The van der Waals surface area contributed by atoms with Gasteiger partial charge in [0.15, 0.2) is 7.37 Å². The van der Waals surface area contributed by atoms with Gasteiger partial charge in [-0.25, -0.2) is 0 Å². The monoisotopic (exact) mass is 192 g/mol. The second-order valence-electron chi connectivity index (χ2n) is 4.35. The predicted molar refractivity (Wildman–Crippen MR) is 54.1 cm³/mol. The van der Waals surface area contributed by atoms with Gasteiger partial charge in [-0.05, 0) is 11.8 Å². The Morgan fingerprint density at radius 1 is 1.33 bits per heavy atom. The number of hydrogen-bond acceptors (Lipinski definition) is 2. The molecule has 0 amide bonds. The van der Waals surface area contributed by atoms with Crippen LogP contribution in [0, 0.1) is 5.41 Å². The molecule has 12 heavy (non-hydrogen) atoms. The van der Waals surface area contributed by atoms with Crippen LogP contribution in [0.2, 0.25) is 0 Å². The molecule has 0 atom stereocenters. The topological polar surface area (TPSA) is 26.3 Å². The van der Waals surface area contributed by atoms with Crippen molar-refractivity contribution >= 4 is 7.37 Å². The highest BCUT2D eigenvalue weighted by Gasteiger charge is 2.16. The van der Waals surface area contributed by atoms with E-state index in [9.17, 15) is 4.57 Å². The van der Waals surface area contributed by atoms with E-state index < -0.39 is 7.37 Å². The van der Waals surface area contributed by atoms with Crippen molar-refractivity contribution in [3.63, 3.8) is 0 Å². The van der Waals surface area contributed by atoms with Gasteiger partial charge >= 0.3 is 0 Å². The number of rotatable bonds is 5. The molecule has 2 nitrogen and oxygen atoms in total. The molecule has 0 rings (SSSR count). The normalized spacial score (nSPS) is 13.4. The van der Waals surface area contributed by atoms with E-state index in [0.29, 0.717) is 12.0 Å². The zero-order valence-electron chi connectivity index (χ0n) is 8.89. The van der Waals surface area contributed by atoms with Crippen molar-refractivity contribution in [2.45, 2.75) is 33.6 Å². The average molecular weight is 192 g/mol. The van der Waals surface area contributed by atoms with Crippen molar-refractivity contribution in [1.29, 1.82) is 0 Å². The van der Waals surface area contributed by atoms with Crippen molar-refractivity contribution in [1.82, 2.24) is 0 Å². The SMILES string of the molecule is CCC(C)(C)CCOP(C)(C)=O. The third-order valence-corrected chi connectivity index (χ3v) is 2.94. The molecular formula is C9H21O2P. The van der Waals surface area contributed by atoms with E-state index >= 15 is 0 Å². The molecule has 0 heterocycles. The van der Waals surface area contributed by atoms with Crippen LogP contribution in [0.3, 0.4) is 0 Å². The highest BCUT2D eigenvalue weighted by molar-refractivity contribution is 7.57. The van der Waals surface area contributed by atoms with Crippen LogP contribution in [0.5, 0.6) is 0 Å². The minimum Gasteiger partial charge on any atom is -0.329 e. The van der Waals surface area contributed by atoms with Crippen LogP contribution >= 0.6 is 7.37 Å². The van der Waals surface area contributed by atoms with Gasteiger partial charge < -0.3 is 4.52 Å². The van der Waals surface area contributed by atoms with Gasteiger partial charge in [-0.2, -0.15) is 0 Å². The molecule has 0 fully saturated rings. The summed E-state index contributed by atoms with van der Waals surface area (Å²) in [7, 11) is -2.26. The lowest BCUT2D eigenvalue weighted by molar-refractivity contribution is 0.227. The quantitative estimate of drug-likeness (QED) is 0.624. The van der Waals surface area contributed by atoms with E-state index in [-0.39, 0.29) is 0 Å². The third-order valence-electron chi connectivity index (χ3n) is 2.14. The Balaban J connectivity index is 3.64. The zero-order valence-corrected chi connectivity index (χ0v) is 9.78. The van der Waals surface area contributed by atoms with Gasteiger partial charge in [-0.15, -0.1) is 0 Å². The molecule has 0 aliphatic rings. The fourth-order valence-electron chi connectivity index (χ4n) is 0.719. The van der Waals surface area contributed by atoms with Crippen LogP contribution in [0.25, 0.3) is 0 Å². The smallest absolute Gasteiger partial charge is 0.197 e. The van der Waals surface area contributed by atoms with Crippen LogP contribution < -0.4 is 0 Å². The summed E-state index contributed by atoms with van der Waals surface area (Å²) in [6, 6.07) is 0. The van der Waals surface area contributed by atoms with Gasteiger partial charge in [0.05, 0.1) is 6.61 Å². The Hall–Kier alpha value is 0.190. The molecule has 0 aromatic heterocycles. The lowest BCUT2D eigenvalue weighted by Crippen LogP contribution is -2.12. The second-order valence-corrected chi connectivity index (χ2v) is 7.12. The fourth-order valence-corrected chi connectivity index (χ4v) is 1.25. The highest BCUT2D eigenvalue weighted by atomic mass is 31.2. The third kappa shape index (κ3) is 6.87. The molecule has 0 unspecified atom stereocenters. The standard InChI is InChI=1S/C9H21O2P/c1-6-9(2,3)7-8-11-12(4,5)10/h6-8H2,1-5H3. The van der Waals surface area contributed by atoms with Crippen molar-refractivity contribution in [2.24, 2.45) is 5.41 Å². The molecule has 0 bridgehead atoms. The van der Waals surface area contributed by atoms with E-state index in [1.807, 2.05) is 0 Å². The number of hydrogen-bond donors (Lipinski definition) is 0. The first-order chi connectivity index (χ1) is 5.27. The molecule has 0 saturated heterocycles. The van der Waals surface area contributed by atoms with E-state index in [0.717, 1.165) is 12.8 Å². The molecule has 74 valence electrons. The maximum absolute atomic E-state index is 11.2. The van der Waals surface area contributed by atoms with Gasteiger partial charge in [0.2, 0.25) is 0 Å². The summed E-state index contributed by atoms with van der Waals surface area (Å²) in [6.45, 7) is 10.5. The van der Waals surface area contributed by atoms with E-state index in [1.165, 1.54) is 0 Å². The van der Waals surface area contributed by atoms with E-state index in [1.54, 1.807) is 13.3 Å². The summed E-state index contributed by atoms with van der Waals surface area (Å²) in [5, 5.41) is 0. The van der Waals surface area contributed by atoms with Crippen LogP contribution in [-0.4, -0.2) is 19.9 Å². The van der Waals surface area contributed by atoms with Crippen LogP contribution in [0.4, 0.5) is 0 Å². The minimum atomic E-state index is -2.26. The Bertz CT molecular complexity index is 169. The fraction of sp³-hybridized carbons (Fsp3) is 1.00. The van der Waals surface area contributed by atoms with Gasteiger partial charge in [0, 0.05) is 13.3 Å². The maximum Gasteiger partial charge on any atom is 0.197 e. The summed E-state index contributed by atoms with van der Waals surface area (Å²) in [5.74, 6) is 0. The minimum absolute atomic E-state index is 0.315. The summed E-state index contributed by atoms with van der Waals surface area (Å²) in [4.78, 5) is 0. The summed E-state index contributed by atoms with van der Waals surface area (Å²) in [5.41, 5.74) is 0.315.